The highest BCUT2D eigenvalue weighted by Crippen LogP contribution is 2.26. The molecule has 1 fully saturated rings. The summed E-state index contributed by atoms with van der Waals surface area (Å²) >= 11 is 0. The minimum absolute atomic E-state index is 0.759. The highest BCUT2D eigenvalue weighted by atomic mass is 16.5. The summed E-state index contributed by atoms with van der Waals surface area (Å²) in [7, 11) is 0. The molecule has 0 bridgehead atoms. The number of benzene rings is 1. The van der Waals surface area contributed by atoms with Gasteiger partial charge >= 0.3 is 0 Å². The van der Waals surface area contributed by atoms with Crippen LogP contribution in [0.1, 0.15) is 0 Å². The van der Waals surface area contributed by atoms with Crippen molar-refractivity contribution in [1.29, 1.82) is 0 Å². The minimum atomic E-state index is 0.759. The van der Waals surface area contributed by atoms with E-state index in [0.29, 0.717) is 0 Å². The van der Waals surface area contributed by atoms with Gasteiger partial charge in [-0.2, -0.15) is 0 Å². The van der Waals surface area contributed by atoms with Crippen LogP contribution in [0.15, 0.2) is 53.8 Å². The molecule has 76 valence electrons. The van der Waals surface area contributed by atoms with Crippen molar-refractivity contribution in [3.63, 3.8) is 0 Å². The molecule has 15 heavy (non-hydrogen) atoms. The number of nitrogens with zero attached hydrogens (tertiary/aromatic N) is 1. The summed E-state index contributed by atoms with van der Waals surface area (Å²) in [6.07, 6.45) is 4.47. The predicted molar refractivity (Wildman–Crippen MR) is 60.8 cm³/mol. The van der Waals surface area contributed by atoms with Gasteiger partial charge in [0.05, 0.1) is 13.2 Å². The quantitative estimate of drug-likeness (QED) is 0.688. The molecule has 0 saturated carbocycles. The normalized spacial score (nSPS) is 19.6. The third kappa shape index (κ3) is 1.57. The maximum atomic E-state index is 5.41. The van der Waals surface area contributed by atoms with Crippen molar-refractivity contribution in [1.82, 2.24) is 0 Å². The van der Waals surface area contributed by atoms with E-state index in [-0.39, 0.29) is 0 Å². The third-order valence-corrected chi connectivity index (χ3v) is 2.86. The number of hydrogen-bond acceptors (Lipinski definition) is 2. The van der Waals surface area contributed by atoms with Gasteiger partial charge in [0, 0.05) is 18.4 Å². The Balaban J connectivity index is 1.90. The van der Waals surface area contributed by atoms with Crippen molar-refractivity contribution >= 4 is 5.69 Å². The lowest BCUT2D eigenvalue weighted by Gasteiger charge is -2.23. The lowest BCUT2D eigenvalue weighted by molar-refractivity contribution is 0.215. The van der Waals surface area contributed by atoms with E-state index in [1.165, 1.54) is 16.8 Å². The van der Waals surface area contributed by atoms with Crippen LogP contribution in [0.5, 0.6) is 0 Å². The Bertz CT molecular complexity index is 419. The molecule has 1 saturated heterocycles. The minimum Gasteiger partial charge on any atom is -0.372 e. The first-order valence-corrected chi connectivity index (χ1v) is 5.23. The van der Waals surface area contributed by atoms with E-state index in [2.05, 4.69) is 41.4 Å². The smallest absolute Gasteiger partial charge is 0.0739 e. The van der Waals surface area contributed by atoms with Gasteiger partial charge in [0.15, 0.2) is 0 Å². The summed E-state index contributed by atoms with van der Waals surface area (Å²) < 4.78 is 5.41. The molecular weight excluding hydrogens is 186 g/mol. The molecule has 0 radical (unpaired) electrons. The molecule has 1 aromatic rings. The monoisotopic (exact) mass is 199 g/mol. The number of anilines is 1. The Labute approximate surface area is 89.5 Å². The van der Waals surface area contributed by atoms with Crippen LogP contribution in [0.4, 0.5) is 5.69 Å². The number of rotatable bonds is 1. The molecule has 2 heterocycles. The number of fused-ring (bicyclic) bond motifs is 1. The van der Waals surface area contributed by atoms with Gasteiger partial charge in [-0.15, -0.1) is 0 Å². The summed E-state index contributed by atoms with van der Waals surface area (Å²) in [4.78, 5) is 2.26. The average Bonchev–Trinajstić information content (AvgIpc) is 2.77. The molecule has 0 aromatic heterocycles. The van der Waals surface area contributed by atoms with Crippen molar-refractivity contribution in [3.8, 4) is 0 Å². The van der Waals surface area contributed by atoms with E-state index < -0.39 is 0 Å². The van der Waals surface area contributed by atoms with Crippen LogP contribution in [0, 0.1) is 0 Å². The fraction of sp³-hybridized carbons (Fsp3) is 0.231. The highest BCUT2D eigenvalue weighted by Gasteiger charge is 2.19. The SMILES string of the molecule is C1=C2COCC2=CN(c2ccccc2)C1. The second-order valence-corrected chi connectivity index (χ2v) is 3.86. The summed E-state index contributed by atoms with van der Waals surface area (Å²) in [6.45, 7) is 2.50. The molecule has 0 spiro atoms. The Kier molecular flexibility index (Phi) is 2.07. The van der Waals surface area contributed by atoms with Crippen LogP contribution < -0.4 is 4.90 Å². The molecule has 3 rings (SSSR count). The van der Waals surface area contributed by atoms with Gasteiger partial charge in [0.1, 0.15) is 0 Å². The third-order valence-electron chi connectivity index (χ3n) is 2.86. The van der Waals surface area contributed by atoms with E-state index in [1.54, 1.807) is 0 Å². The van der Waals surface area contributed by atoms with Gasteiger partial charge in [-0.3, -0.25) is 0 Å². The van der Waals surface area contributed by atoms with Crippen LogP contribution in [-0.2, 0) is 4.74 Å². The Morgan fingerprint density at radius 1 is 1.00 bits per heavy atom. The van der Waals surface area contributed by atoms with E-state index in [0.717, 1.165) is 19.8 Å². The number of para-hydroxylation sites is 1. The molecule has 0 atom stereocenters. The molecule has 0 amide bonds. The summed E-state index contributed by atoms with van der Waals surface area (Å²) in [6, 6.07) is 10.4. The first kappa shape index (κ1) is 8.74. The summed E-state index contributed by atoms with van der Waals surface area (Å²) in [5, 5.41) is 0. The highest BCUT2D eigenvalue weighted by molar-refractivity contribution is 5.55. The lowest BCUT2D eigenvalue weighted by atomic mass is 10.1. The van der Waals surface area contributed by atoms with Gasteiger partial charge in [0.2, 0.25) is 0 Å². The van der Waals surface area contributed by atoms with Gasteiger partial charge in [0.25, 0.3) is 0 Å². The zero-order valence-corrected chi connectivity index (χ0v) is 8.52. The van der Waals surface area contributed by atoms with Crippen molar-refractivity contribution in [2.24, 2.45) is 0 Å². The average molecular weight is 199 g/mol. The van der Waals surface area contributed by atoms with Crippen molar-refractivity contribution < 1.29 is 4.74 Å². The lowest BCUT2D eigenvalue weighted by Crippen LogP contribution is -2.20. The van der Waals surface area contributed by atoms with Gasteiger partial charge in [-0.05, 0) is 23.3 Å². The number of hydrogen-bond donors (Lipinski definition) is 0. The Morgan fingerprint density at radius 2 is 1.80 bits per heavy atom. The molecule has 2 heteroatoms. The predicted octanol–water partition coefficient (Wildman–Crippen LogP) is 2.35. The second-order valence-electron chi connectivity index (χ2n) is 3.86. The number of ether oxygens (including phenoxy) is 1. The van der Waals surface area contributed by atoms with Crippen LogP contribution in [0.3, 0.4) is 0 Å². The maximum Gasteiger partial charge on any atom is 0.0739 e. The van der Waals surface area contributed by atoms with Gasteiger partial charge in [-0.25, -0.2) is 0 Å². The molecule has 0 N–H and O–H groups in total. The molecule has 1 aromatic carbocycles. The zero-order chi connectivity index (χ0) is 10.1. The zero-order valence-electron chi connectivity index (χ0n) is 8.52. The fourth-order valence-corrected chi connectivity index (χ4v) is 2.02. The first-order chi connectivity index (χ1) is 7.43. The van der Waals surface area contributed by atoms with Crippen molar-refractivity contribution in [3.05, 3.63) is 53.8 Å². The van der Waals surface area contributed by atoms with E-state index in [1.807, 2.05) is 6.07 Å². The Morgan fingerprint density at radius 3 is 2.67 bits per heavy atom. The van der Waals surface area contributed by atoms with E-state index in [9.17, 15) is 0 Å². The molecule has 2 nitrogen and oxygen atoms in total. The van der Waals surface area contributed by atoms with Crippen LogP contribution in [0.2, 0.25) is 0 Å². The van der Waals surface area contributed by atoms with E-state index >= 15 is 0 Å². The van der Waals surface area contributed by atoms with Crippen LogP contribution in [0.25, 0.3) is 0 Å². The topological polar surface area (TPSA) is 12.5 Å². The largest absolute Gasteiger partial charge is 0.372 e. The second kappa shape index (κ2) is 3.55. The molecular formula is C13H13NO. The fourth-order valence-electron chi connectivity index (χ4n) is 2.02. The molecule has 2 aliphatic heterocycles. The Hall–Kier alpha value is -1.54. The first-order valence-electron chi connectivity index (χ1n) is 5.23. The van der Waals surface area contributed by atoms with Crippen LogP contribution in [-0.4, -0.2) is 19.8 Å². The van der Waals surface area contributed by atoms with Crippen molar-refractivity contribution in [2.75, 3.05) is 24.7 Å². The van der Waals surface area contributed by atoms with Crippen molar-refractivity contribution in [2.45, 2.75) is 0 Å². The van der Waals surface area contributed by atoms with Gasteiger partial charge < -0.3 is 9.64 Å². The maximum absolute atomic E-state index is 5.41. The van der Waals surface area contributed by atoms with E-state index in [4.69, 9.17) is 4.74 Å². The van der Waals surface area contributed by atoms with Crippen LogP contribution >= 0.6 is 0 Å². The van der Waals surface area contributed by atoms with Gasteiger partial charge in [-0.1, -0.05) is 24.3 Å². The standard InChI is InChI=1S/C13H13NO/c1-2-4-13(5-3-1)14-7-6-11-9-15-10-12(11)8-14/h1-6,8H,7,9-10H2. The molecule has 0 unspecified atom stereocenters. The molecule has 2 aliphatic rings. The molecule has 0 aliphatic carbocycles. The summed E-state index contributed by atoms with van der Waals surface area (Å²) in [5.74, 6) is 0. The summed E-state index contributed by atoms with van der Waals surface area (Å²) in [5.41, 5.74) is 3.93.